The van der Waals surface area contributed by atoms with E-state index in [1.807, 2.05) is 42.5 Å². The van der Waals surface area contributed by atoms with Gasteiger partial charge >= 0.3 is 5.97 Å². The molecule has 2 aromatic heterocycles. The van der Waals surface area contributed by atoms with Crippen LogP contribution in [0.2, 0.25) is 0 Å². The summed E-state index contributed by atoms with van der Waals surface area (Å²) in [7, 11) is 0. The van der Waals surface area contributed by atoms with Crippen LogP contribution in [-0.2, 0) is 11.2 Å². The Kier molecular flexibility index (Phi) is 7.13. The molecule has 0 aliphatic carbocycles. The quantitative estimate of drug-likeness (QED) is 0.239. The Labute approximate surface area is 218 Å². The molecule has 0 aliphatic rings. The fourth-order valence-corrected chi connectivity index (χ4v) is 4.51. The standard InChI is InChI=1S/C30H26FN3O4/c1-19(20-7-3-2-4-8-20)27-18-25(33-38-27)21-11-16-24-26(17-21)32-28(9-5-6-10-29(35)36)34(30(24)37)23-14-12-22(31)13-15-23/h2-4,7-8,11-19H,5-6,9-10H2,1H3,(H,35,36). The first-order valence-electron chi connectivity index (χ1n) is 12.5. The average Bonchev–Trinajstić information content (AvgIpc) is 3.42. The van der Waals surface area contributed by atoms with Crippen molar-refractivity contribution in [2.24, 2.45) is 0 Å². The number of halogens is 1. The first-order chi connectivity index (χ1) is 18.4. The fourth-order valence-electron chi connectivity index (χ4n) is 4.51. The van der Waals surface area contributed by atoms with Crippen molar-refractivity contribution in [3.63, 3.8) is 0 Å². The number of aliphatic carboxylic acids is 1. The first-order valence-corrected chi connectivity index (χ1v) is 12.5. The topological polar surface area (TPSA) is 98.2 Å². The maximum absolute atomic E-state index is 13.6. The highest BCUT2D eigenvalue weighted by Crippen LogP contribution is 2.29. The number of hydrogen-bond acceptors (Lipinski definition) is 5. The molecule has 1 atom stereocenters. The molecule has 7 nitrogen and oxygen atoms in total. The van der Waals surface area contributed by atoms with Gasteiger partial charge in [-0.15, -0.1) is 0 Å². The highest BCUT2D eigenvalue weighted by molar-refractivity contribution is 5.83. The second-order valence-corrected chi connectivity index (χ2v) is 9.22. The predicted molar refractivity (Wildman–Crippen MR) is 142 cm³/mol. The summed E-state index contributed by atoms with van der Waals surface area (Å²) in [6.07, 6.45) is 1.42. The van der Waals surface area contributed by atoms with Crippen LogP contribution in [0.4, 0.5) is 4.39 Å². The van der Waals surface area contributed by atoms with Crippen molar-refractivity contribution in [1.29, 1.82) is 0 Å². The van der Waals surface area contributed by atoms with Gasteiger partial charge in [-0.3, -0.25) is 14.2 Å². The number of rotatable bonds is 9. The molecule has 0 fully saturated rings. The molecule has 192 valence electrons. The van der Waals surface area contributed by atoms with E-state index in [0.717, 1.165) is 16.9 Å². The maximum Gasteiger partial charge on any atom is 0.303 e. The van der Waals surface area contributed by atoms with Crippen LogP contribution in [0, 0.1) is 5.82 Å². The molecule has 0 spiro atoms. The zero-order valence-corrected chi connectivity index (χ0v) is 20.8. The van der Waals surface area contributed by atoms with E-state index in [1.165, 1.54) is 28.8 Å². The summed E-state index contributed by atoms with van der Waals surface area (Å²) < 4.78 is 20.7. The van der Waals surface area contributed by atoms with Crippen molar-refractivity contribution in [3.05, 3.63) is 112 Å². The van der Waals surface area contributed by atoms with Gasteiger partial charge < -0.3 is 9.63 Å². The highest BCUT2D eigenvalue weighted by Gasteiger charge is 2.17. The lowest BCUT2D eigenvalue weighted by molar-refractivity contribution is -0.137. The van der Waals surface area contributed by atoms with Crippen LogP contribution in [0.15, 0.2) is 88.2 Å². The molecule has 2 heterocycles. The molecule has 1 unspecified atom stereocenters. The predicted octanol–water partition coefficient (Wildman–Crippen LogP) is 6.13. The van der Waals surface area contributed by atoms with Crippen LogP contribution in [0.25, 0.3) is 27.8 Å². The summed E-state index contributed by atoms with van der Waals surface area (Å²) in [6, 6.07) is 22.9. The van der Waals surface area contributed by atoms with E-state index in [-0.39, 0.29) is 17.9 Å². The van der Waals surface area contributed by atoms with E-state index in [9.17, 15) is 14.0 Å². The molecular weight excluding hydrogens is 485 g/mol. The summed E-state index contributed by atoms with van der Waals surface area (Å²) in [6.45, 7) is 2.05. The molecule has 0 saturated carbocycles. The van der Waals surface area contributed by atoms with E-state index < -0.39 is 11.8 Å². The largest absolute Gasteiger partial charge is 0.481 e. The summed E-state index contributed by atoms with van der Waals surface area (Å²) in [5, 5.41) is 13.6. The maximum atomic E-state index is 13.6. The number of carboxylic acids is 1. The second-order valence-electron chi connectivity index (χ2n) is 9.22. The fraction of sp³-hybridized carbons (Fsp3) is 0.200. The Morgan fingerprint density at radius 1 is 1.03 bits per heavy atom. The van der Waals surface area contributed by atoms with Crippen LogP contribution >= 0.6 is 0 Å². The van der Waals surface area contributed by atoms with Gasteiger partial charge in [0.1, 0.15) is 23.1 Å². The molecule has 3 aromatic carbocycles. The highest BCUT2D eigenvalue weighted by atomic mass is 19.1. The van der Waals surface area contributed by atoms with Crippen molar-refractivity contribution in [2.45, 2.75) is 38.5 Å². The Balaban J connectivity index is 1.53. The SMILES string of the molecule is CC(c1ccccc1)c1cc(-c2ccc3c(=O)n(-c4ccc(F)cc4)c(CCCCC(=O)O)nc3c2)no1. The first kappa shape index (κ1) is 25.1. The van der Waals surface area contributed by atoms with Gasteiger partial charge in [-0.1, -0.05) is 48.5 Å². The lowest BCUT2D eigenvalue weighted by atomic mass is 9.98. The van der Waals surface area contributed by atoms with Crippen molar-refractivity contribution in [1.82, 2.24) is 14.7 Å². The molecule has 8 heteroatoms. The summed E-state index contributed by atoms with van der Waals surface area (Å²) >= 11 is 0. The van der Waals surface area contributed by atoms with Gasteiger partial charge in [0.15, 0.2) is 0 Å². The van der Waals surface area contributed by atoms with Gasteiger partial charge in [-0.2, -0.15) is 0 Å². The molecule has 0 amide bonds. The molecule has 0 bridgehead atoms. The Morgan fingerprint density at radius 2 is 1.79 bits per heavy atom. The average molecular weight is 512 g/mol. The summed E-state index contributed by atoms with van der Waals surface area (Å²) in [4.78, 5) is 29.3. The van der Waals surface area contributed by atoms with E-state index in [4.69, 9.17) is 14.6 Å². The third kappa shape index (κ3) is 5.25. The zero-order chi connectivity index (χ0) is 26.6. The smallest absolute Gasteiger partial charge is 0.303 e. The zero-order valence-electron chi connectivity index (χ0n) is 20.8. The number of benzene rings is 3. The van der Waals surface area contributed by atoms with Crippen molar-refractivity contribution >= 4 is 16.9 Å². The Morgan fingerprint density at radius 3 is 2.53 bits per heavy atom. The van der Waals surface area contributed by atoms with E-state index >= 15 is 0 Å². The van der Waals surface area contributed by atoms with E-state index in [0.29, 0.717) is 47.4 Å². The van der Waals surface area contributed by atoms with Gasteiger partial charge in [0, 0.05) is 30.4 Å². The van der Waals surface area contributed by atoms with Crippen LogP contribution in [0.5, 0.6) is 0 Å². The van der Waals surface area contributed by atoms with Gasteiger partial charge in [0.25, 0.3) is 5.56 Å². The molecule has 0 radical (unpaired) electrons. The minimum atomic E-state index is -0.870. The molecular formula is C30H26FN3O4. The van der Waals surface area contributed by atoms with Gasteiger partial charge in [0.2, 0.25) is 0 Å². The molecule has 38 heavy (non-hydrogen) atoms. The number of carbonyl (C=O) groups is 1. The van der Waals surface area contributed by atoms with Crippen molar-refractivity contribution < 1.29 is 18.8 Å². The monoisotopic (exact) mass is 511 g/mol. The number of unbranched alkanes of at least 4 members (excludes halogenated alkanes) is 1. The number of fused-ring (bicyclic) bond motifs is 1. The van der Waals surface area contributed by atoms with Gasteiger partial charge in [-0.25, -0.2) is 9.37 Å². The number of carboxylic acid groups (broad SMARTS) is 1. The number of aryl methyl sites for hydroxylation is 1. The Hall–Kier alpha value is -4.59. The third-order valence-corrected chi connectivity index (χ3v) is 6.62. The normalized spacial score (nSPS) is 12.1. The minimum Gasteiger partial charge on any atom is -0.481 e. The van der Waals surface area contributed by atoms with Gasteiger partial charge in [0.05, 0.1) is 16.6 Å². The van der Waals surface area contributed by atoms with Crippen LogP contribution in [-0.4, -0.2) is 25.8 Å². The third-order valence-electron chi connectivity index (χ3n) is 6.62. The van der Waals surface area contributed by atoms with Crippen LogP contribution in [0.3, 0.4) is 0 Å². The number of aromatic nitrogens is 3. The van der Waals surface area contributed by atoms with Crippen molar-refractivity contribution in [3.8, 4) is 16.9 Å². The number of hydrogen-bond donors (Lipinski definition) is 1. The molecule has 5 aromatic rings. The van der Waals surface area contributed by atoms with Gasteiger partial charge in [-0.05, 0) is 54.8 Å². The lowest BCUT2D eigenvalue weighted by Crippen LogP contribution is -2.24. The summed E-state index contributed by atoms with van der Waals surface area (Å²) in [5.74, 6) is -0.0426. The second kappa shape index (κ2) is 10.8. The summed E-state index contributed by atoms with van der Waals surface area (Å²) in [5.41, 5.74) is 3.23. The molecule has 1 N–H and O–H groups in total. The minimum absolute atomic E-state index is 0.0244. The molecule has 0 saturated heterocycles. The molecule has 5 rings (SSSR count). The molecule has 0 aliphatic heterocycles. The van der Waals surface area contributed by atoms with E-state index in [1.54, 1.807) is 12.1 Å². The van der Waals surface area contributed by atoms with Crippen LogP contribution in [0.1, 0.15) is 49.3 Å². The van der Waals surface area contributed by atoms with Crippen LogP contribution < -0.4 is 5.56 Å². The Bertz CT molecular complexity index is 1640. The number of nitrogens with zero attached hydrogens (tertiary/aromatic N) is 3. The lowest BCUT2D eigenvalue weighted by Gasteiger charge is -2.14. The van der Waals surface area contributed by atoms with Crippen molar-refractivity contribution in [2.75, 3.05) is 0 Å². The van der Waals surface area contributed by atoms with E-state index in [2.05, 4.69) is 12.1 Å².